The zero-order valence-corrected chi connectivity index (χ0v) is 17.4. The molecule has 0 aliphatic rings. The van der Waals surface area contributed by atoms with Crippen LogP contribution in [0.2, 0.25) is 0 Å². The van der Waals surface area contributed by atoms with Crippen LogP contribution in [0.15, 0.2) is 67.3 Å². The summed E-state index contributed by atoms with van der Waals surface area (Å²) in [7, 11) is 1.34. The van der Waals surface area contributed by atoms with Gasteiger partial charge in [0.1, 0.15) is 5.82 Å². The monoisotopic (exact) mass is 426 g/mol. The highest BCUT2D eigenvalue weighted by molar-refractivity contribution is 7.80. The van der Waals surface area contributed by atoms with Gasteiger partial charge in [-0.25, -0.2) is 14.2 Å². The smallest absolute Gasteiger partial charge is 0.339 e. The number of para-hydroxylation sites is 1. The number of benzene rings is 2. The molecule has 0 aliphatic heterocycles. The lowest BCUT2D eigenvalue weighted by atomic mass is 10.2. The molecule has 1 heterocycles. The zero-order valence-electron chi connectivity index (χ0n) is 16.6. The molecule has 0 radical (unpaired) electrons. The molecule has 30 heavy (non-hydrogen) atoms. The lowest BCUT2D eigenvalue weighted by Gasteiger charge is -2.26. The van der Waals surface area contributed by atoms with Crippen molar-refractivity contribution in [1.29, 1.82) is 0 Å². The van der Waals surface area contributed by atoms with E-state index in [2.05, 4.69) is 10.3 Å². The van der Waals surface area contributed by atoms with E-state index >= 15 is 0 Å². The number of carbonyl (C=O) groups is 1. The summed E-state index contributed by atoms with van der Waals surface area (Å²) in [6, 6.07) is 13.4. The predicted octanol–water partition coefficient (Wildman–Crippen LogP) is 4.10. The molecule has 3 rings (SSSR count). The quantitative estimate of drug-likeness (QED) is 0.432. The van der Waals surface area contributed by atoms with Crippen LogP contribution in [0.3, 0.4) is 0 Å². The summed E-state index contributed by atoms with van der Waals surface area (Å²) >= 11 is 5.65. The van der Waals surface area contributed by atoms with Crippen LogP contribution in [-0.2, 0) is 17.8 Å². The number of halogens is 1. The fraction of sp³-hybridized carbons (Fsp3) is 0.227. The van der Waals surface area contributed by atoms with Crippen LogP contribution in [0.1, 0.15) is 22.3 Å². The Bertz CT molecular complexity index is 977. The Morgan fingerprint density at radius 1 is 1.23 bits per heavy atom. The lowest BCUT2D eigenvalue weighted by Crippen LogP contribution is -2.35. The number of rotatable bonds is 8. The van der Waals surface area contributed by atoms with E-state index in [9.17, 15) is 9.18 Å². The van der Waals surface area contributed by atoms with Gasteiger partial charge in [0.15, 0.2) is 5.11 Å². The number of methoxy groups -OCH3 is 1. The van der Waals surface area contributed by atoms with E-state index in [-0.39, 0.29) is 5.82 Å². The van der Waals surface area contributed by atoms with Crippen molar-refractivity contribution < 1.29 is 13.9 Å². The maximum Gasteiger partial charge on any atom is 0.339 e. The molecule has 0 aliphatic carbocycles. The van der Waals surface area contributed by atoms with Gasteiger partial charge in [-0.05, 0) is 48.5 Å². The second-order valence-electron chi connectivity index (χ2n) is 6.67. The van der Waals surface area contributed by atoms with Gasteiger partial charge in [-0.3, -0.25) is 0 Å². The van der Waals surface area contributed by atoms with E-state index in [1.54, 1.807) is 42.9 Å². The number of thiocarbonyl (C=S) groups is 1. The third-order valence-corrected chi connectivity index (χ3v) is 4.91. The van der Waals surface area contributed by atoms with Crippen LogP contribution in [-0.4, -0.2) is 39.2 Å². The Morgan fingerprint density at radius 2 is 2.00 bits per heavy atom. The summed E-state index contributed by atoms with van der Waals surface area (Å²) in [5.74, 6) is -0.718. The maximum absolute atomic E-state index is 13.3. The molecular formula is C22H23FN4O2S. The maximum atomic E-state index is 13.3. The minimum atomic E-state index is -0.439. The number of hydrogen-bond donors (Lipinski definition) is 1. The Morgan fingerprint density at radius 3 is 2.70 bits per heavy atom. The topological polar surface area (TPSA) is 59.4 Å². The number of nitrogens with one attached hydrogen (secondary N) is 1. The number of carbonyl (C=O) groups excluding carboxylic acids is 1. The van der Waals surface area contributed by atoms with Crippen molar-refractivity contribution in [2.24, 2.45) is 0 Å². The van der Waals surface area contributed by atoms with Crippen molar-refractivity contribution in [1.82, 2.24) is 14.5 Å². The fourth-order valence-corrected chi connectivity index (χ4v) is 3.27. The normalized spacial score (nSPS) is 10.5. The fourth-order valence-electron chi connectivity index (χ4n) is 3.00. The average molecular weight is 427 g/mol. The number of ether oxygens (including phenoxy) is 1. The Hall–Kier alpha value is -3.26. The van der Waals surface area contributed by atoms with Crippen LogP contribution in [0, 0.1) is 5.82 Å². The first-order chi connectivity index (χ1) is 14.6. The van der Waals surface area contributed by atoms with Gasteiger partial charge in [0.2, 0.25) is 0 Å². The summed E-state index contributed by atoms with van der Waals surface area (Å²) in [5.41, 5.74) is 1.92. The van der Waals surface area contributed by atoms with Crippen molar-refractivity contribution in [2.45, 2.75) is 19.5 Å². The molecule has 0 amide bonds. The summed E-state index contributed by atoms with van der Waals surface area (Å²) in [6.07, 6.45) is 6.26. The molecular weight excluding hydrogens is 403 g/mol. The van der Waals surface area contributed by atoms with Crippen LogP contribution in [0.4, 0.5) is 10.1 Å². The molecule has 6 nitrogen and oxygen atoms in total. The Balaban J connectivity index is 1.73. The molecule has 0 bridgehead atoms. The molecule has 3 aromatic rings. The number of imidazole rings is 1. The number of aromatic nitrogens is 2. The summed E-state index contributed by atoms with van der Waals surface area (Å²) in [4.78, 5) is 18.1. The Kier molecular flexibility index (Phi) is 7.51. The van der Waals surface area contributed by atoms with Crippen molar-refractivity contribution in [3.05, 3.63) is 84.2 Å². The number of nitrogens with zero attached hydrogens (tertiary/aromatic N) is 3. The molecule has 156 valence electrons. The van der Waals surface area contributed by atoms with Crippen molar-refractivity contribution in [3.63, 3.8) is 0 Å². The van der Waals surface area contributed by atoms with E-state index in [1.807, 2.05) is 21.7 Å². The van der Waals surface area contributed by atoms with Crippen molar-refractivity contribution >= 4 is 29.0 Å². The molecule has 0 saturated carbocycles. The second kappa shape index (κ2) is 10.5. The second-order valence-corrected chi connectivity index (χ2v) is 7.06. The van der Waals surface area contributed by atoms with Gasteiger partial charge in [0.25, 0.3) is 0 Å². The first-order valence-corrected chi connectivity index (χ1v) is 9.91. The van der Waals surface area contributed by atoms with Gasteiger partial charge in [0.05, 0.1) is 24.7 Å². The number of aryl methyl sites for hydroxylation is 1. The van der Waals surface area contributed by atoms with Crippen molar-refractivity contribution in [3.8, 4) is 0 Å². The van der Waals surface area contributed by atoms with Crippen LogP contribution in [0.5, 0.6) is 0 Å². The summed E-state index contributed by atoms with van der Waals surface area (Å²) in [5, 5.41) is 3.64. The molecule has 0 atom stereocenters. The molecule has 0 fully saturated rings. The van der Waals surface area contributed by atoms with E-state index < -0.39 is 5.97 Å². The Labute approximate surface area is 180 Å². The summed E-state index contributed by atoms with van der Waals surface area (Å²) < 4.78 is 20.1. The largest absolute Gasteiger partial charge is 0.465 e. The highest BCUT2D eigenvalue weighted by Crippen LogP contribution is 2.18. The van der Waals surface area contributed by atoms with E-state index in [0.717, 1.165) is 18.5 Å². The van der Waals surface area contributed by atoms with Gasteiger partial charge in [-0.1, -0.05) is 24.3 Å². The standard InChI is InChI=1S/C22H23FN4O2S/c1-29-21(28)19-5-2-3-6-20(19)25-22(30)27(13-4-12-26-14-11-24-16-26)15-17-7-9-18(23)10-8-17/h2-3,5-11,14,16H,4,12-13,15H2,1H3,(H,25,30). The molecule has 2 aromatic carbocycles. The molecule has 1 aromatic heterocycles. The van der Waals surface area contributed by atoms with Crippen LogP contribution >= 0.6 is 12.2 Å². The van der Waals surface area contributed by atoms with Gasteiger partial charge >= 0.3 is 5.97 Å². The van der Waals surface area contributed by atoms with Crippen molar-refractivity contribution in [2.75, 3.05) is 19.0 Å². The third kappa shape index (κ3) is 5.87. The highest BCUT2D eigenvalue weighted by atomic mass is 32.1. The van der Waals surface area contributed by atoms with E-state index in [4.69, 9.17) is 17.0 Å². The van der Waals surface area contributed by atoms with Gasteiger partial charge in [-0.15, -0.1) is 0 Å². The SMILES string of the molecule is COC(=O)c1ccccc1NC(=S)N(CCCn1ccnc1)Cc1ccc(F)cc1. The minimum Gasteiger partial charge on any atom is -0.465 e. The van der Waals surface area contributed by atoms with Gasteiger partial charge in [0, 0.05) is 32.0 Å². The molecule has 1 N–H and O–H groups in total. The average Bonchev–Trinajstić information content (AvgIpc) is 3.28. The molecule has 0 spiro atoms. The number of anilines is 1. The van der Waals surface area contributed by atoms with E-state index in [1.165, 1.54) is 19.2 Å². The van der Waals surface area contributed by atoms with Crippen LogP contribution < -0.4 is 5.32 Å². The van der Waals surface area contributed by atoms with Gasteiger partial charge in [-0.2, -0.15) is 0 Å². The molecule has 0 unspecified atom stereocenters. The highest BCUT2D eigenvalue weighted by Gasteiger charge is 2.16. The molecule has 0 saturated heterocycles. The minimum absolute atomic E-state index is 0.280. The number of esters is 1. The molecule has 8 heteroatoms. The van der Waals surface area contributed by atoms with Crippen LogP contribution in [0.25, 0.3) is 0 Å². The summed E-state index contributed by atoms with van der Waals surface area (Å²) in [6.45, 7) is 1.97. The van der Waals surface area contributed by atoms with Gasteiger partial charge < -0.3 is 19.5 Å². The first-order valence-electron chi connectivity index (χ1n) is 9.50. The first kappa shape index (κ1) is 21.4. The van der Waals surface area contributed by atoms with E-state index in [0.29, 0.717) is 29.5 Å². The predicted molar refractivity (Wildman–Crippen MR) is 118 cm³/mol. The zero-order chi connectivity index (χ0) is 21.3. The lowest BCUT2D eigenvalue weighted by molar-refractivity contribution is 0.0602. The third-order valence-electron chi connectivity index (χ3n) is 4.55. The number of hydrogen-bond acceptors (Lipinski definition) is 4.